The van der Waals surface area contributed by atoms with Crippen LogP contribution in [-0.2, 0) is 11.2 Å². The average molecular weight is 297 g/mol. The summed E-state index contributed by atoms with van der Waals surface area (Å²) in [6.45, 7) is 5.30. The number of aryl methyl sites for hydroxylation is 2. The molecule has 1 amide bonds. The second-order valence-electron chi connectivity index (χ2n) is 5.04. The molecule has 0 radical (unpaired) electrons. The number of methoxy groups -OCH3 is 1. The summed E-state index contributed by atoms with van der Waals surface area (Å²) in [5.74, 6) is 1.00. The van der Waals surface area contributed by atoms with Gasteiger partial charge in [0.15, 0.2) is 0 Å². The SMILES string of the molecule is COc1cc(C)c(Cl)cc1CCC(=O)N1CCNCC1. The number of halogens is 1. The molecular formula is C15H21ClN2O2. The molecule has 0 spiro atoms. The van der Waals surface area contributed by atoms with Crippen molar-refractivity contribution < 1.29 is 9.53 Å². The van der Waals surface area contributed by atoms with Crippen LogP contribution in [-0.4, -0.2) is 44.1 Å². The van der Waals surface area contributed by atoms with Crippen molar-refractivity contribution in [2.24, 2.45) is 0 Å². The van der Waals surface area contributed by atoms with E-state index in [2.05, 4.69) is 5.32 Å². The monoisotopic (exact) mass is 296 g/mol. The van der Waals surface area contributed by atoms with E-state index in [0.29, 0.717) is 12.8 Å². The van der Waals surface area contributed by atoms with Gasteiger partial charge in [0, 0.05) is 37.6 Å². The van der Waals surface area contributed by atoms with Crippen LogP contribution in [0.5, 0.6) is 5.75 Å². The van der Waals surface area contributed by atoms with Crippen molar-refractivity contribution in [3.8, 4) is 5.75 Å². The van der Waals surface area contributed by atoms with Gasteiger partial charge in [-0.05, 0) is 36.6 Å². The van der Waals surface area contributed by atoms with Crippen molar-refractivity contribution in [1.29, 1.82) is 0 Å². The number of ether oxygens (including phenoxy) is 1. The lowest BCUT2D eigenvalue weighted by molar-refractivity contribution is -0.131. The van der Waals surface area contributed by atoms with Gasteiger partial charge in [-0.15, -0.1) is 0 Å². The fraction of sp³-hybridized carbons (Fsp3) is 0.533. The predicted molar refractivity (Wildman–Crippen MR) is 80.5 cm³/mol. The summed E-state index contributed by atoms with van der Waals surface area (Å²) in [5.41, 5.74) is 1.98. The molecule has 1 aliphatic heterocycles. The molecule has 1 aromatic rings. The second kappa shape index (κ2) is 6.95. The zero-order chi connectivity index (χ0) is 14.5. The first-order valence-corrected chi connectivity index (χ1v) is 7.31. The minimum atomic E-state index is 0.199. The summed E-state index contributed by atoms with van der Waals surface area (Å²) in [4.78, 5) is 14.1. The molecule has 2 rings (SSSR count). The Morgan fingerprint density at radius 3 is 2.75 bits per heavy atom. The Bertz CT molecular complexity index is 485. The van der Waals surface area contributed by atoms with Crippen LogP contribution in [0.25, 0.3) is 0 Å². The molecule has 1 fully saturated rings. The molecular weight excluding hydrogens is 276 g/mol. The van der Waals surface area contributed by atoms with E-state index < -0.39 is 0 Å². The fourth-order valence-corrected chi connectivity index (χ4v) is 2.58. The Morgan fingerprint density at radius 2 is 2.10 bits per heavy atom. The van der Waals surface area contributed by atoms with Gasteiger partial charge in [0.25, 0.3) is 0 Å². The first-order valence-electron chi connectivity index (χ1n) is 6.93. The van der Waals surface area contributed by atoms with E-state index in [0.717, 1.165) is 48.1 Å². The number of hydrogen-bond donors (Lipinski definition) is 1. The number of hydrogen-bond acceptors (Lipinski definition) is 3. The van der Waals surface area contributed by atoms with E-state index in [1.165, 1.54) is 0 Å². The summed E-state index contributed by atoms with van der Waals surface area (Å²) < 4.78 is 5.37. The Balaban J connectivity index is 1.99. The molecule has 110 valence electrons. The van der Waals surface area contributed by atoms with Crippen molar-refractivity contribution in [3.63, 3.8) is 0 Å². The summed E-state index contributed by atoms with van der Waals surface area (Å²) >= 11 is 6.15. The molecule has 1 N–H and O–H groups in total. The van der Waals surface area contributed by atoms with Crippen molar-refractivity contribution in [3.05, 3.63) is 28.3 Å². The molecule has 0 saturated carbocycles. The van der Waals surface area contributed by atoms with E-state index in [4.69, 9.17) is 16.3 Å². The Kier molecular flexibility index (Phi) is 5.26. The molecule has 1 aliphatic rings. The van der Waals surface area contributed by atoms with Gasteiger partial charge in [-0.25, -0.2) is 0 Å². The van der Waals surface area contributed by atoms with Crippen molar-refractivity contribution in [2.75, 3.05) is 33.3 Å². The first kappa shape index (κ1) is 15.1. The normalized spacial score (nSPS) is 15.2. The Morgan fingerprint density at radius 1 is 1.40 bits per heavy atom. The van der Waals surface area contributed by atoms with Crippen LogP contribution in [0.1, 0.15) is 17.5 Å². The zero-order valence-electron chi connectivity index (χ0n) is 12.0. The molecule has 0 aromatic heterocycles. The molecule has 1 aromatic carbocycles. The highest BCUT2D eigenvalue weighted by molar-refractivity contribution is 6.31. The molecule has 20 heavy (non-hydrogen) atoms. The third-order valence-electron chi connectivity index (χ3n) is 3.64. The first-order chi connectivity index (χ1) is 9.61. The van der Waals surface area contributed by atoms with Crippen LogP contribution in [0, 0.1) is 6.92 Å². The number of rotatable bonds is 4. The van der Waals surface area contributed by atoms with Crippen molar-refractivity contribution >= 4 is 17.5 Å². The molecule has 5 heteroatoms. The van der Waals surface area contributed by atoms with Gasteiger partial charge < -0.3 is 15.0 Å². The highest BCUT2D eigenvalue weighted by atomic mass is 35.5. The van der Waals surface area contributed by atoms with Gasteiger partial charge >= 0.3 is 0 Å². The summed E-state index contributed by atoms with van der Waals surface area (Å²) in [6.07, 6.45) is 1.15. The third-order valence-corrected chi connectivity index (χ3v) is 4.05. The van der Waals surface area contributed by atoms with Crippen LogP contribution in [0.15, 0.2) is 12.1 Å². The molecule has 0 aliphatic carbocycles. The van der Waals surface area contributed by atoms with Crippen LogP contribution < -0.4 is 10.1 Å². The van der Waals surface area contributed by atoms with Gasteiger partial charge in [0.05, 0.1) is 7.11 Å². The van der Waals surface area contributed by atoms with Gasteiger partial charge in [-0.2, -0.15) is 0 Å². The highest BCUT2D eigenvalue weighted by Gasteiger charge is 2.17. The lowest BCUT2D eigenvalue weighted by Crippen LogP contribution is -2.46. The minimum Gasteiger partial charge on any atom is -0.496 e. The average Bonchev–Trinajstić information content (AvgIpc) is 2.48. The molecule has 0 atom stereocenters. The molecule has 4 nitrogen and oxygen atoms in total. The van der Waals surface area contributed by atoms with Gasteiger partial charge in [0.2, 0.25) is 5.91 Å². The topological polar surface area (TPSA) is 41.6 Å². The Labute approximate surface area is 125 Å². The largest absolute Gasteiger partial charge is 0.496 e. The maximum absolute atomic E-state index is 12.1. The maximum Gasteiger partial charge on any atom is 0.222 e. The fourth-order valence-electron chi connectivity index (χ4n) is 2.40. The van der Waals surface area contributed by atoms with Gasteiger partial charge in [0.1, 0.15) is 5.75 Å². The quantitative estimate of drug-likeness (QED) is 0.924. The zero-order valence-corrected chi connectivity index (χ0v) is 12.8. The van der Waals surface area contributed by atoms with Crippen LogP contribution in [0.4, 0.5) is 0 Å². The number of amides is 1. The van der Waals surface area contributed by atoms with Crippen LogP contribution in [0.3, 0.4) is 0 Å². The van der Waals surface area contributed by atoms with Crippen molar-refractivity contribution in [2.45, 2.75) is 19.8 Å². The minimum absolute atomic E-state index is 0.199. The predicted octanol–water partition coefficient (Wildman–Crippen LogP) is 2.02. The van der Waals surface area contributed by atoms with Gasteiger partial charge in [-0.3, -0.25) is 4.79 Å². The number of piperazine rings is 1. The summed E-state index contributed by atoms with van der Waals surface area (Å²) in [6, 6.07) is 3.83. The number of carbonyl (C=O) groups is 1. The van der Waals surface area contributed by atoms with E-state index >= 15 is 0 Å². The smallest absolute Gasteiger partial charge is 0.222 e. The standard InChI is InChI=1S/C15H21ClN2O2/c1-11-9-14(20-2)12(10-13(11)16)3-4-15(19)18-7-5-17-6-8-18/h9-10,17H,3-8H2,1-2H3. The van der Waals surface area contributed by atoms with Crippen LogP contribution >= 0.6 is 11.6 Å². The molecule has 1 saturated heterocycles. The number of carbonyl (C=O) groups excluding carboxylic acids is 1. The Hall–Kier alpha value is -1.26. The van der Waals surface area contributed by atoms with Crippen LogP contribution in [0.2, 0.25) is 5.02 Å². The number of benzene rings is 1. The van der Waals surface area contributed by atoms with E-state index in [1.807, 2.05) is 24.0 Å². The van der Waals surface area contributed by atoms with Gasteiger partial charge in [-0.1, -0.05) is 11.6 Å². The van der Waals surface area contributed by atoms with Crippen molar-refractivity contribution in [1.82, 2.24) is 10.2 Å². The lowest BCUT2D eigenvalue weighted by atomic mass is 10.1. The number of nitrogens with one attached hydrogen (secondary N) is 1. The summed E-state index contributed by atoms with van der Waals surface area (Å²) in [7, 11) is 1.64. The maximum atomic E-state index is 12.1. The molecule has 0 unspecified atom stereocenters. The molecule has 1 heterocycles. The highest BCUT2D eigenvalue weighted by Crippen LogP contribution is 2.27. The van der Waals surface area contributed by atoms with E-state index in [1.54, 1.807) is 7.11 Å². The number of nitrogens with zero attached hydrogens (tertiary/aromatic N) is 1. The lowest BCUT2D eigenvalue weighted by Gasteiger charge is -2.27. The third kappa shape index (κ3) is 3.64. The second-order valence-corrected chi connectivity index (χ2v) is 5.45. The summed E-state index contributed by atoms with van der Waals surface area (Å²) in [5, 5.41) is 3.96. The van der Waals surface area contributed by atoms with E-state index in [-0.39, 0.29) is 5.91 Å². The molecule has 0 bridgehead atoms. The van der Waals surface area contributed by atoms with E-state index in [9.17, 15) is 4.79 Å².